The summed E-state index contributed by atoms with van der Waals surface area (Å²) in [4.78, 5) is 30.3. The van der Waals surface area contributed by atoms with E-state index in [0.717, 1.165) is 4.83 Å². The van der Waals surface area contributed by atoms with Crippen molar-refractivity contribution in [2.24, 2.45) is 5.92 Å². The van der Waals surface area contributed by atoms with Gasteiger partial charge in [0.2, 0.25) is 5.91 Å². The number of hydrogen-bond acceptors (Lipinski definition) is 6. The van der Waals surface area contributed by atoms with Crippen molar-refractivity contribution in [1.82, 2.24) is 14.3 Å². The van der Waals surface area contributed by atoms with E-state index in [2.05, 4.69) is 4.98 Å². The monoisotopic (exact) mass is 363 g/mol. The van der Waals surface area contributed by atoms with Crippen LogP contribution in [0.1, 0.15) is 37.8 Å². The topological polar surface area (TPSA) is 115 Å². The van der Waals surface area contributed by atoms with Crippen LogP contribution in [-0.2, 0) is 9.59 Å². The molecule has 3 N–H and O–H groups in total. The Balaban J connectivity index is 1.83. The summed E-state index contributed by atoms with van der Waals surface area (Å²) in [5.74, 6) is -2.09. The van der Waals surface area contributed by atoms with Gasteiger partial charge in [0.25, 0.3) is 0 Å². The van der Waals surface area contributed by atoms with Crippen LogP contribution in [0, 0.1) is 5.92 Å². The minimum Gasteiger partial charge on any atom is -0.477 e. The van der Waals surface area contributed by atoms with Crippen LogP contribution in [0.2, 0.25) is 0 Å². The Morgan fingerprint density at radius 3 is 2.72 bits per heavy atom. The maximum atomic E-state index is 12.3. The van der Waals surface area contributed by atoms with Crippen molar-refractivity contribution in [2.45, 2.75) is 38.5 Å². The molecular weight excluding hydrogens is 346 g/mol. The average molecular weight is 363 g/mol. The van der Waals surface area contributed by atoms with Gasteiger partial charge in [-0.15, -0.1) is 11.3 Å². The number of rotatable bonds is 4. The number of carbonyl (C=O) groups is 2. The van der Waals surface area contributed by atoms with Crippen LogP contribution in [0.5, 0.6) is 0 Å². The summed E-state index contributed by atoms with van der Waals surface area (Å²) >= 11 is 1.37. The van der Waals surface area contributed by atoms with Crippen LogP contribution in [-0.4, -0.2) is 53.6 Å². The molecular formula is C16H17N3O5S. The summed E-state index contributed by atoms with van der Waals surface area (Å²) in [6, 6.07) is -0.330. The first-order valence-corrected chi connectivity index (χ1v) is 8.81. The van der Waals surface area contributed by atoms with E-state index >= 15 is 0 Å². The summed E-state index contributed by atoms with van der Waals surface area (Å²) < 4.78 is 1.75. The van der Waals surface area contributed by atoms with Crippen molar-refractivity contribution in [3.8, 4) is 0 Å². The van der Waals surface area contributed by atoms with Gasteiger partial charge in [0.15, 0.2) is 0 Å². The molecule has 4 heterocycles. The molecule has 2 aliphatic rings. The third kappa shape index (κ3) is 2.09. The highest BCUT2D eigenvalue weighted by molar-refractivity contribution is 7.16. The molecule has 1 fully saturated rings. The third-order valence-electron chi connectivity index (χ3n) is 4.93. The van der Waals surface area contributed by atoms with E-state index in [4.69, 9.17) is 0 Å². The molecule has 1 saturated heterocycles. The Hall–Kier alpha value is -2.23. The van der Waals surface area contributed by atoms with Gasteiger partial charge in [-0.05, 0) is 20.3 Å². The van der Waals surface area contributed by atoms with Gasteiger partial charge in [0.1, 0.15) is 22.5 Å². The van der Waals surface area contributed by atoms with Crippen LogP contribution >= 0.6 is 11.3 Å². The Bertz CT molecular complexity index is 925. The number of thiazole rings is 1. The average Bonchev–Trinajstić information content (AvgIpc) is 3.16. The number of aliphatic hydroxyl groups is 2. The number of β-lactam (4-membered cyclic amide) rings is 1. The summed E-state index contributed by atoms with van der Waals surface area (Å²) in [5, 5.41) is 31.1. The van der Waals surface area contributed by atoms with Gasteiger partial charge >= 0.3 is 5.97 Å². The van der Waals surface area contributed by atoms with Gasteiger partial charge in [-0.25, -0.2) is 9.78 Å². The lowest BCUT2D eigenvalue weighted by molar-refractivity contribution is -0.161. The second-order valence-corrected chi connectivity index (χ2v) is 7.34. The second kappa shape index (κ2) is 5.38. The molecule has 9 heteroatoms. The highest BCUT2D eigenvalue weighted by Crippen LogP contribution is 2.47. The minimum absolute atomic E-state index is 0.0288. The molecule has 0 radical (unpaired) electrons. The van der Waals surface area contributed by atoms with E-state index in [0.29, 0.717) is 23.4 Å². The van der Waals surface area contributed by atoms with E-state index in [1.165, 1.54) is 16.2 Å². The second-order valence-electron chi connectivity index (χ2n) is 6.48. The predicted octanol–water partition coefficient (Wildman–Crippen LogP) is 0.856. The molecule has 4 rings (SSSR count). The zero-order valence-electron chi connectivity index (χ0n) is 13.6. The number of nitrogens with zero attached hydrogens (tertiary/aromatic N) is 3. The molecule has 0 spiro atoms. The minimum atomic E-state index is -1.16. The number of fused-ring (bicyclic) bond motifs is 2. The Morgan fingerprint density at radius 2 is 2.12 bits per heavy atom. The molecule has 2 aromatic heterocycles. The lowest BCUT2D eigenvalue weighted by Crippen LogP contribution is -2.61. The zero-order chi connectivity index (χ0) is 18.0. The molecule has 2 aromatic rings. The number of aliphatic hydroxyl groups excluding tert-OH is 2. The van der Waals surface area contributed by atoms with Crippen molar-refractivity contribution in [3.05, 3.63) is 28.8 Å². The summed E-state index contributed by atoms with van der Waals surface area (Å²) in [5.41, 5.74) is 1.71. The molecule has 1 amide bonds. The fraction of sp³-hybridized carbons (Fsp3) is 0.438. The van der Waals surface area contributed by atoms with Crippen molar-refractivity contribution >= 4 is 33.6 Å². The van der Waals surface area contributed by atoms with Gasteiger partial charge in [0, 0.05) is 11.0 Å². The first-order chi connectivity index (χ1) is 11.8. The predicted molar refractivity (Wildman–Crippen MR) is 88.7 cm³/mol. The standard InChI is InChI=1S/C16H17N3O5S/c1-6(20)11-9-3-8(13(16(23)24)19(9)14(11)22)10-4-25-15-12(7(2)21)17-5-18(10)15/h4-7,9,11,20-21H,3H2,1-2H3,(H,23,24)/t6-,7?,9-,11-/m1/s1. The molecule has 2 aliphatic heterocycles. The van der Waals surface area contributed by atoms with Crippen LogP contribution in [0.15, 0.2) is 17.4 Å². The molecule has 132 valence electrons. The van der Waals surface area contributed by atoms with Crippen molar-refractivity contribution in [2.75, 3.05) is 0 Å². The van der Waals surface area contributed by atoms with E-state index < -0.39 is 24.1 Å². The molecule has 1 unspecified atom stereocenters. The summed E-state index contributed by atoms with van der Waals surface area (Å²) in [6.07, 6.45) is 0.380. The number of hydrogen-bond donors (Lipinski definition) is 3. The normalized spacial score (nSPS) is 25.3. The number of carboxylic acid groups (broad SMARTS) is 1. The molecule has 0 aliphatic carbocycles. The largest absolute Gasteiger partial charge is 0.477 e. The molecule has 4 atom stereocenters. The maximum absolute atomic E-state index is 12.3. The SMILES string of the molecule is CC(O)c1ncn2c(C3=C(C(=O)O)N4C(=O)[C@H]([C@@H](C)O)[C@H]4C3)csc12. The van der Waals surface area contributed by atoms with Gasteiger partial charge in [-0.3, -0.25) is 9.20 Å². The van der Waals surface area contributed by atoms with E-state index in [1.807, 2.05) is 5.38 Å². The van der Waals surface area contributed by atoms with Crippen molar-refractivity contribution in [3.63, 3.8) is 0 Å². The molecule has 8 nitrogen and oxygen atoms in total. The lowest BCUT2D eigenvalue weighted by atomic mass is 9.83. The quantitative estimate of drug-likeness (QED) is 0.694. The molecule has 25 heavy (non-hydrogen) atoms. The number of imidazole rings is 1. The lowest BCUT2D eigenvalue weighted by Gasteiger charge is -2.44. The van der Waals surface area contributed by atoms with Crippen LogP contribution in [0.4, 0.5) is 0 Å². The summed E-state index contributed by atoms with van der Waals surface area (Å²) in [7, 11) is 0. The smallest absolute Gasteiger partial charge is 0.352 e. The Labute approximate surface area is 146 Å². The third-order valence-corrected chi connectivity index (χ3v) is 5.90. The van der Waals surface area contributed by atoms with Gasteiger partial charge in [-0.1, -0.05) is 0 Å². The fourth-order valence-corrected chi connectivity index (χ4v) is 4.89. The highest BCUT2D eigenvalue weighted by Gasteiger charge is 2.57. The molecule has 0 saturated carbocycles. The van der Waals surface area contributed by atoms with E-state index in [9.17, 15) is 24.9 Å². The number of carboxylic acids is 1. The fourth-order valence-electron chi connectivity index (χ4n) is 3.81. The van der Waals surface area contributed by atoms with Gasteiger partial charge in [0.05, 0.1) is 29.9 Å². The van der Waals surface area contributed by atoms with Crippen LogP contribution in [0.25, 0.3) is 10.4 Å². The first kappa shape index (κ1) is 16.2. The van der Waals surface area contributed by atoms with E-state index in [1.54, 1.807) is 24.6 Å². The van der Waals surface area contributed by atoms with Crippen molar-refractivity contribution in [1.29, 1.82) is 0 Å². The molecule has 0 bridgehead atoms. The number of aromatic nitrogens is 2. The Morgan fingerprint density at radius 1 is 1.40 bits per heavy atom. The summed E-state index contributed by atoms with van der Waals surface area (Å²) in [6.45, 7) is 3.17. The highest BCUT2D eigenvalue weighted by atomic mass is 32.1. The van der Waals surface area contributed by atoms with E-state index in [-0.39, 0.29) is 17.6 Å². The zero-order valence-corrected chi connectivity index (χ0v) is 14.4. The molecule has 0 aromatic carbocycles. The van der Waals surface area contributed by atoms with Gasteiger partial charge in [-0.2, -0.15) is 0 Å². The number of aliphatic carboxylic acids is 1. The first-order valence-electron chi connectivity index (χ1n) is 7.93. The van der Waals surface area contributed by atoms with Crippen molar-refractivity contribution < 1.29 is 24.9 Å². The van der Waals surface area contributed by atoms with Gasteiger partial charge < -0.3 is 20.2 Å². The Kier molecular flexibility index (Phi) is 3.50. The van der Waals surface area contributed by atoms with Crippen LogP contribution < -0.4 is 0 Å². The van der Waals surface area contributed by atoms with Crippen LogP contribution in [0.3, 0.4) is 0 Å². The maximum Gasteiger partial charge on any atom is 0.352 e. The number of carbonyl (C=O) groups excluding carboxylic acids is 1. The number of amides is 1.